The maximum atomic E-state index is 11.4. The fraction of sp³-hybridized carbons (Fsp3) is 0.909. The summed E-state index contributed by atoms with van der Waals surface area (Å²) in [5, 5.41) is 2.84. The van der Waals surface area contributed by atoms with E-state index in [-0.39, 0.29) is 30.7 Å². The van der Waals surface area contributed by atoms with Crippen molar-refractivity contribution in [3.05, 3.63) is 0 Å². The molecule has 104 valence electrons. The number of nitrogens with two attached hydrogens (primary N) is 1. The molecule has 0 saturated heterocycles. The van der Waals surface area contributed by atoms with Crippen molar-refractivity contribution in [3.8, 4) is 0 Å². The molecule has 0 spiro atoms. The van der Waals surface area contributed by atoms with Gasteiger partial charge < -0.3 is 16.0 Å². The third-order valence-electron chi connectivity index (χ3n) is 2.63. The first-order valence-corrected chi connectivity index (χ1v) is 5.65. The standard InChI is InChI=1S/C11H23N3O.2ClH/c1-11(2,12)10(15)13-6-7-14(3)8-9-4-5-9;;/h9H,4-8,12H2,1-3H3,(H,13,15);2*1H. The van der Waals surface area contributed by atoms with Gasteiger partial charge in [0, 0.05) is 19.6 Å². The maximum absolute atomic E-state index is 11.4. The molecule has 0 radical (unpaired) electrons. The third-order valence-corrected chi connectivity index (χ3v) is 2.63. The molecule has 17 heavy (non-hydrogen) atoms. The normalized spacial score (nSPS) is 14.9. The van der Waals surface area contributed by atoms with E-state index in [1.54, 1.807) is 13.8 Å². The summed E-state index contributed by atoms with van der Waals surface area (Å²) >= 11 is 0. The highest BCUT2D eigenvalue weighted by Crippen LogP contribution is 2.29. The van der Waals surface area contributed by atoms with Crippen molar-refractivity contribution in [1.29, 1.82) is 0 Å². The second kappa shape index (κ2) is 8.14. The Morgan fingerprint density at radius 3 is 2.35 bits per heavy atom. The predicted octanol–water partition coefficient (Wildman–Crippen LogP) is 1.03. The van der Waals surface area contributed by atoms with Crippen LogP contribution in [0, 0.1) is 5.92 Å². The van der Waals surface area contributed by atoms with Crippen molar-refractivity contribution in [2.75, 3.05) is 26.7 Å². The third kappa shape index (κ3) is 8.66. The van der Waals surface area contributed by atoms with Crippen molar-refractivity contribution in [1.82, 2.24) is 10.2 Å². The molecule has 0 unspecified atom stereocenters. The number of nitrogens with one attached hydrogen (secondary N) is 1. The number of halogens is 2. The fourth-order valence-corrected chi connectivity index (χ4v) is 1.42. The molecular formula is C11H25Cl2N3O. The monoisotopic (exact) mass is 285 g/mol. The number of carbonyl (C=O) groups is 1. The van der Waals surface area contributed by atoms with Gasteiger partial charge in [0.05, 0.1) is 5.54 Å². The Kier molecular flexibility index (Phi) is 9.25. The lowest BCUT2D eigenvalue weighted by molar-refractivity contribution is -0.125. The van der Waals surface area contributed by atoms with Crippen LogP contribution >= 0.6 is 24.8 Å². The van der Waals surface area contributed by atoms with E-state index in [1.165, 1.54) is 12.8 Å². The second-order valence-electron chi connectivity index (χ2n) is 5.18. The first-order chi connectivity index (χ1) is 6.89. The Bertz CT molecular complexity index is 227. The molecule has 1 aliphatic carbocycles. The maximum Gasteiger partial charge on any atom is 0.239 e. The molecule has 1 aliphatic rings. The van der Waals surface area contributed by atoms with Gasteiger partial charge in [0.2, 0.25) is 5.91 Å². The minimum atomic E-state index is -0.769. The lowest BCUT2D eigenvalue weighted by atomic mass is 10.1. The van der Waals surface area contributed by atoms with E-state index in [0.717, 1.165) is 19.0 Å². The van der Waals surface area contributed by atoms with Gasteiger partial charge in [-0.05, 0) is 39.7 Å². The number of hydrogen-bond donors (Lipinski definition) is 2. The summed E-state index contributed by atoms with van der Waals surface area (Å²) in [5.41, 5.74) is 4.89. The molecule has 0 aromatic carbocycles. The summed E-state index contributed by atoms with van der Waals surface area (Å²) in [4.78, 5) is 13.7. The molecule has 1 saturated carbocycles. The number of hydrogen-bond acceptors (Lipinski definition) is 3. The minimum Gasteiger partial charge on any atom is -0.353 e. The van der Waals surface area contributed by atoms with Crippen molar-refractivity contribution < 1.29 is 4.79 Å². The Labute approximate surface area is 117 Å². The molecular weight excluding hydrogens is 261 g/mol. The molecule has 0 bridgehead atoms. The molecule has 0 aromatic heterocycles. The molecule has 1 rings (SSSR count). The quantitative estimate of drug-likeness (QED) is 0.766. The summed E-state index contributed by atoms with van der Waals surface area (Å²) in [6.07, 6.45) is 2.74. The van der Waals surface area contributed by atoms with Gasteiger partial charge in [-0.1, -0.05) is 0 Å². The van der Waals surface area contributed by atoms with Crippen LogP contribution in [0.1, 0.15) is 26.7 Å². The summed E-state index contributed by atoms with van der Waals surface area (Å²) < 4.78 is 0. The molecule has 0 heterocycles. The van der Waals surface area contributed by atoms with E-state index in [4.69, 9.17) is 5.73 Å². The first-order valence-electron chi connectivity index (χ1n) is 5.65. The highest BCUT2D eigenvalue weighted by Gasteiger charge is 2.23. The summed E-state index contributed by atoms with van der Waals surface area (Å²) in [5.74, 6) is 0.818. The zero-order valence-corrected chi connectivity index (χ0v) is 12.5. The molecule has 1 fully saturated rings. The summed E-state index contributed by atoms with van der Waals surface area (Å²) in [6, 6.07) is 0. The van der Waals surface area contributed by atoms with Crippen LogP contribution in [0.4, 0.5) is 0 Å². The molecule has 3 N–H and O–H groups in total. The topological polar surface area (TPSA) is 58.4 Å². The number of likely N-dealkylation sites (N-methyl/N-ethyl adjacent to an activating group) is 1. The van der Waals surface area contributed by atoms with Crippen molar-refractivity contribution in [3.63, 3.8) is 0 Å². The van der Waals surface area contributed by atoms with Crippen molar-refractivity contribution in [2.24, 2.45) is 11.7 Å². The van der Waals surface area contributed by atoms with E-state index in [0.29, 0.717) is 6.54 Å². The molecule has 0 atom stereocenters. The van der Waals surface area contributed by atoms with Gasteiger partial charge in [-0.3, -0.25) is 4.79 Å². The van der Waals surface area contributed by atoms with Crippen LogP contribution in [0.15, 0.2) is 0 Å². The Morgan fingerprint density at radius 2 is 1.94 bits per heavy atom. The van der Waals surface area contributed by atoms with E-state index < -0.39 is 5.54 Å². The number of carbonyl (C=O) groups excluding carboxylic acids is 1. The highest BCUT2D eigenvalue weighted by atomic mass is 35.5. The first kappa shape index (κ1) is 19.3. The lowest BCUT2D eigenvalue weighted by Crippen LogP contribution is -2.50. The fourth-order valence-electron chi connectivity index (χ4n) is 1.42. The molecule has 0 aliphatic heterocycles. The van der Waals surface area contributed by atoms with Crippen LogP contribution in [-0.2, 0) is 4.79 Å². The zero-order valence-electron chi connectivity index (χ0n) is 10.9. The Balaban J connectivity index is 0. The average Bonchev–Trinajstić information content (AvgIpc) is 2.86. The second-order valence-corrected chi connectivity index (χ2v) is 5.18. The van der Waals surface area contributed by atoms with Gasteiger partial charge >= 0.3 is 0 Å². The number of rotatable bonds is 6. The van der Waals surface area contributed by atoms with E-state index in [2.05, 4.69) is 17.3 Å². The van der Waals surface area contributed by atoms with Crippen LogP contribution < -0.4 is 11.1 Å². The van der Waals surface area contributed by atoms with Crippen LogP contribution in [0.25, 0.3) is 0 Å². The van der Waals surface area contributed by atoms with Gasteiger partial charge in [0.15, 0.2) is 0 Å². The highest BCUT2D eigenvalue weighted by molar-refractivity contribution is 5.85. The number of amides is 1. The van der Waals surface area contributed by atoms with Gasteiger partial charge in [0.1, 0.15) is 0 Å². The van der Waals surface area contributed by atoms with Gasteiger partial charge in [-0.25, -0.2) is 0 Å². The van der Waals surface area contributed by atoms with Crippen LogP contribution in [0.5, 0.6) is 0 Å². The molecule has 0 aromatic rings. The molecule has 1 amide bonds. The molecule has 4 nitrogen and oxygen atoms in total. The molecule has 6 heteroatoms. The predicted molar refractivity (Wildman–Crippen MR) is 76.0 cm³/mol. The smallest absolute Gasteiger partial charge is 0.239 e. The Hall–Kier alpha value is -0.0300. The minimum absolute atomic E-state index is 0. The Morgan fingerprint density at radius 1 is 1.41 bits per heavy atom. The van der Waals surface area contributed by atoms with Crippen LogP contribution in [0.3, 0.4) is 0 Å². The van der Waals surface area contributed by atoms with Crippen molar-refractivity contribution >= 4 is 30.7 Å². The largest absolute Gasteiger partial charge is 0.353 e. The van der Waals surface area contributed by atoms with Crippen LogP contribution in [-0.4, -0.2) is 43.0 Å². The zero-order chi connectivity index (χ0) is 11.5. The van der Waals surface area contributed by atoms with Gasteiger partial charge in [-0.15, -0.1) is 24.8 Å². The van der Waals surface area contributed by atoms with E-state index in [9.17, 15) is 4.79 Å². The lowest BCUT2D eigenvalue weighted by Gasteiger charge is -2.20. The van der Waals surface area contributed by atoms with Crippen molar-refractivity contribution in [2.45, 2.75) is 32.2 Å². The number of nitrogens with zero attached hydrogens (tertiary/aromatic N) is 1. The van der Waals surface area contributed by atoms with E-state index >= 15 is 0 Å². The van der Waals surface area contributed by atoms with E-state index in [1.807, 2.05) is 0 Å². The van der Waals surface area contributed by atoms with Gasteiger partial charge in [-0.2, -0.15) is 0 Å². The summed E-state index contributed by atoms with van der Waals surface area (Å²) in [6.45, 7) is 6.18. The average molecular weight is 286 g/mol. The summed E-state index contributed by atoms with van der Waals surface area (Å²) in [7, 11) is 2.10. The van der Waals surface area contributed by atoms with Crippen LogP contribution in [0.2, 0.25) is 0 Å². The van der Waals surface area contributed by atoms with Gasteiger partial charge in [0.25, 0.3) is 0 Å². The SMILES string of the molecule is CN(CCNC(=O)C(C)(C)N)CC1CC1.Cl.Cl.